The number of allylic oxidation sites excluding steroid dienone is 1. The number of fused-ring (bicyclic) bond motifs is 1. The number of hydrogen-bond donors (Lipinski definition) is 0. The number of likely N-dealkylation sites (tertiary alicyclic amines) is 1. The van der Waals surface area contributed by atoms with Crippen LogP contribution in [0.25, 0.3) is 15.9 Å². The number of rotatable bonds is 2. The van der Waals surface area contributed by atoms with E-state index < -0.39 is 5.60 Å². The van der Waals surface area contributed by atoms with Crippen LogP contribution in [0, 0.1) is 5.92 Å². The number of aromatic nitrogens is 1. The van der Waals surface area contributed by atoms with E-state index in [1.54, 1.807) is 4.90 Å². The van der Waals surface area contributed by atoms with Gasteiger partial charge in [0.1, 0.15) is 5.60 Å². The van der Waals surface area contributed by atoms with Gasteiger partial charge in [-0.1, -0.05) is 19.1 Å². The van der Waals surface area contributed by atoms with Crippen molar-refractivity contribution >= 4 is 33.3 Å². The summed E-state index contributed by atoms with van der Waals surface area (Å²) in [5, 5.41) is 1.24. The number of carbonyl (C=O) groups is 1. The Bertz CT molecular complexity index is 959. The van der Waals surface area contributed by atoms with Gasteiger partial charge >= 0.3 is 6.09 Å². The zero-order chi connectivity index (χ0) is 21.5. The molecule has 2 atom stereocenters. The second kappa shape index (κ2) is 8.31. The molecule has 6 heteroatoms. The third-order valence-electron chi connectivity index (χ3n) is 5.79. The van der Waals surface area contributed by atoms with Gasteiger partial charge in [-0.05, 0) is 71.7 Å². The number of piperidine rings is 1. The Morgan fingerprint density at radius 1 is 1.27 bits per heavy atom. The Balaban J connectivity index is 1.63. The molecule has 0 radical (unpaired) electrons. The van der Waals surface area contributed by atoms with Crippen molar-refractivity contribution < 1.29 is 9.53 Å². The summed E-state index contributed by atoms with van der Waals surface area (Å²) in [7, 11) is 2.19. The van der Waals surface area contributed by atoms with Gasteiger partial charge in [0.05, 0.1) is 20.9 Å². The molecule has 1 aromatic heterocycles. The average molecular weight is 428 g/mol. The number of ether oxygens (including phenoxy) is 1. The van der Waals surface area contributed by atoms with Crippen LogP contribution in [0.3, 0.4) is 0 Å². The van der Waals surface area contributed by atoms with Gasteiger partial charge in [-0.3, -0.25) is 4.90 Å². The minimum absolute atomic E-state index is 0.274. The van der Waals surface area contributed by atoms with E-state index >= 15 is 0 Å². The molecular weight excluding hydrogens is 394 g/mol. The summed E-state index contributed by atoms with van der Waals surface area (Å²) >= 11 is 1.81. The Kier molecular flexibility index (Phi) is 5.90. The topological polar surface area (TPSA) is 45.7 Å². The third kappa shape index (κ3) is 4.70. The van der Waals surface area contributed by atoms with Crippen LogP contribution in [0.4, 0.5) is 4.79 Å². The molecule has 0 bridgehead atoms. The fraction of sp³-hybridized carbons (Fsp3) is 0.583. The van der Waals surface area contributed by atoms with Crippen LogP contribution in [0.15, 0.2) is 24.3 Å². The molecule has 1 amide bonds. The van der Waals surface area contributed by atoms with Crippen molar-refractivity contribution in [1.29, 1.82) is 0 Å². The van der Waals surface area contributed by atoms with E-state index in [0.29, 0.717) is 18.4 Å². The van der Waals surface area contributed by atoms with E-state index in [4.69, 9.17) is 9.72 Å². The zero-order valence-electron chi connectivity index (χ0n) is 18.8. The molecule has 5 nitrogen and oxygen atoms in total. The first-order valence-electron chi connectivity index (χ1n) is 11.0. The summed E-state index contributed by atoms with van der Waals surface area (Å²) < 4.78 is 6.90. The lowest BCUT2D eigenvalue weighted by atomic mass is 9.98. The molecule has 30 heavy (non-hydrogen) atoms. The van der Waals surface area contributed by atoms with E-state index in [2.05, 4.69) is 43.1 Å². The highest BCUT2D eigenvalue weighted by molar-refractivity contribution is 7.18. The van der Waals surface area contributed by atoms with Crippen LogP contribution in [-0.4, -0.2) is 53.2 Å². The molecule has 0 saturated carbocycles. The van der Waals surface area contributed by atoms with Crippen LogP contribution in [-0.2, 0) is 4.74 Å². The fourth-order valence-corrected chi connectivity index (χ4v) is 5.39. The maximum atomic E-state index is 12.9. The molecule has 0 N–H and O–H groups in total. The van der Waals surface area contributed by atoms with Crippen molar-refractivity contribution in [2.75, 3.05) is 26.7 Å². The predicted molar refractivity (Wildman–Crippen MR) is 124 cm³/mol. The lowest BCUT2D eigenvalue weighted by molar-refractivity contribution is 0.0327. The lowest BCUT2D eigenvalue weighted by Crippen LogP contribution is -2.39. The molecule has 1 aromatic carbocycles. The number of amides is 1. The predicted octanol–water partition coefficient (Wildman–Crippen LogP) is 5.72. The molecule has 1 saturated heterocycles. The molecule has 2 aliphatic rings. The largest absolute Gasteiger partial charge is 0.443 e. The summed E-state index contributed by atoms with van der Waals surface area (Å²) in [6.45, 7) is 10.8. The Morgan fingerprint density at radius 2 is 2.07 bits per heavy atom. The van der Waals surface area contributed by atoms with Gasteiger partial charge in [0.2, 0.25) is 0 Å². The van der Waals surface area contributed by atoms with Gasteiger partial charge in [-0.25, -0.2) is 9.78 Å². The van der Waals surface area contributed by atoms with Crippen molar-refractivity contribution in [3.63, 3.8) is 0 Å². The van der Waals surface area contributed by atoms with Crippen LogP contribution in [0.1, 0.15) is 63.4 Å². The summed E-state index contributed by atoms with van der Waals surface area (Å²) in [5.74, 6) is 0.941. The van der Waals surface area contributed by atoms with Gasteiger partial charge in [0.15, 0.2) is 0 Å². The second-order valence-corrected chi connectivity index (χ2v) is 10.9. The van der Waals surface area contributed by atoms with Crippen LogP contribution in [0.2, 0.25) is 0 Å². The first-order valence-corrected chi connectivity index (χ1v) is 11.8. The molecule has 0 spiro atoms. The third-order valence-corrected chi connectivity index (χ3v) is 6.98. The first kappa shape index (κ1) is 21.3. The quantitative estimate of drug-likeness (QED) is 0.615. The van der Waals surface area contributed by atoms with E-state index in [1.807, 2.05) is 32.1 Å². The number of likely N-dealkylation sites (N-methyl/N-ethyl adjacent to an activating group) is 1. The Labute approximate surface area is 183 Å². The average Bonchev–Trinajstić information content (AvgIpc) is 3.10. The van der Waals surface area contributed by atoms with Crippen molar-refractivity contribution in [2.24, 2.45) is 5.92 Å². The van der Waals surface area contributed by atoms with E-state index in [1.165, 1.54) is 29.1 Å². The molecule has 2 aliphatic heterocycles. The molecule has 0 unspecified atom stereocenters. The Morgan fingerprint density at radius 3 is 2.80 bits per heavy atom. The van der Waals surface area contributed by atoms with Crippen LogP contribution < -0.4 is 0 Å². The second-order valence-electron chi connectivity index (χ2n) is 9.86. The van der Waals surface area contributed by atoms with Gasteiger partial charge in [0, 0.05) is 24.6 Å². The maximum Gasteiger partial charge on any atom is 0.414 e. The normalized spacial score (nSPS) is 23.5. The van der Waals surface area contributed by atoms with Crippen molar-refractivity contribution in [2.45, 2.75) is 58.5 Å². The van der Waals surface area contributed by atoms with Gasteiger partial charge in [-0.2, -0.15) is 0 Å². The van der Waals surface area contributed by atoms with E-state index in [0.717, 1.165) is 29.7 Å². The van der Waals surface area contributed by atoms with Gasteiger partial charge in [-0.15, -0.1) is 11.3 Å². The highest BCUT2D eigenvalue weighted by atomic mass is 32.1. The zero-order valence-corrected chi connectivity index (χ0v) is 19.6. The number of carbonyl (C=O) groups excluding carboxylic acids is 1. The molecule has 1 fully saturated rings. The first-order chi connectivity index (χ1) is 14.2. The van der Waals surface area contributed by atoms with Crippen molar-refractivity contribution in [3.8, 4) is 0 Å². The summed E-state index contributed by atoms with van der Waals surface area (Å²) in [6.07, 6.45) is 5.31. The molecule has 0 aliphatic carbocycles. The smallest absolute Gasteiger partial charge is 0.414 e. The number of nitrogens with zero attached hydrogens (tertiary/aromatic N) is 3. The highest BCUT2D eigenvalue weighted by Gasteiger charge is 2.29. The summed E-state index contributed by atoms with van der Waals surface area (Å²) in [6, 6.07) is 6.42. The van der Waals surface area contributed by atoms with Crippen LogP contribution in [0.5, 0.6) is 0 Å². The Hall–Kier alpha value is -1.92. The monoisotopic (exact) mass is 427 g/mol. The SMILES string of the molecule is C[C@H]1CC=C(c2ccc3sc([C@H]4CCCN(C)C4)nc3c2)N(C(=O)OC(C)(C)C)C1. The summed E-state index contributed by atoms with van der Waals surface area (Å²) in [4.78, 5) is 22.1. The molecule has 2 aromatic rings. The van der Waals surface area contributed by atoms with Crippen molar-refractivity contribution in [1.82, 2.24) is 14.8 Å². The minimum Gasteiger partial charge on any atom is -0.443 e. The van der Waals surface area contributed by atoms with Crippen LogP contribution >= 0.6 is 11.3 Å². The lowest BCUT2D eigenvalue weighted by Gasteiger charge is -2.33. The standard InChI is InChI=1S/C24H33N3O2S/c1-16-8-10-20(27(14-16)23(28)29-24(2,3)4)17-9-11-21-19(13-17)25-22(30-21)18-7-6-12-26(5)15-18/h9-11,13,16,18H,6-8,12,14-15H2,1-5H3/t16-,18-/m0/s1. The van der Waals surface area contributed by atoms with E-state index in [-0.39, 0.29) is 6.09 Å². The number of thiazole rings is 1. The molecule has 3 heterocycles. The summed E-state index contributed by atoms with van der Waals surface area (Å²) in [5.41, 5.74) is 2.50. The number of benzene rings is 1. The molecule has 4 rings (SSSR count). The van der Waals surface area contributed by atoms with E-state index in [9.17, 15) is 4.79 Å². The maximum absolute atomic E-state index is 12.9. The van der Waals surface area contributed by atoms with Gasteiger partial charge in [0.25, 0.3) is 0 Å². The number of hydrogen-bond acceptors (Lipinski definition) is 5. The minimum atomic E-state index is -0.510. The van der Waals surface area contributed by atoms with Crippen molar-refractivity contribution in [3.05, 3.63) is 34.8 Å². The fourth-order valence-electron chi connectivity index (χ4n) is 4.32. The highest BCUT2D eigenvalue weighted by Crippen LogP contribution is 2.35. The molecular formula is C24H33N3O2S. The van der Waals surface area contributed by atoms with Gasteiger partial charge < -0.3 is 9.64 Å². The molecule has 162 valence electrons.